The van der Waals surface area contributed by atoms with Crippen molar-refractivity contribution in [2.45, 2.75) is 25.3 Å². The number of para-hydroxylation sites is 1. The number of carbonyl (C=O) groups excluding carboxylic acids is 1. The van der Waals surface area contributed by atoms with Crippen LogP contribution in [0.4, 0.5) is 5.69 Å². The summed E-state index contributed by atoms with van der Waals surface area (Å²) in [5.74, 6) is -0.422. The number of carbonyl (C=O) groups is 1. The largest absolute Gasteiger partial charge is 0.459 e. The summed E-state index contributed by atoms with van der Waals surface area (Å²) in [4.78, 5) is 17.1. The monoisotopic (exact) mass is 379 g/mol. The van der Waals surface area contributed by atoms with Gasteiger partial charge in [0.1, 0.15) is 0 Å². The number of hydrogen-bond acceptors (Lipinski definition) is 3. The van der Waals surface area contributed by atoms with Gasteiger partial charge in [0, 0.05) is 31.4 Å². The molecule has 1 fully saturated rings. The Morgan fingerprint density at radius 1 is 1.07 bits per heavy atom. The number of piperidine rings is 1. The fourth-order valence-corrected chi connectivity index (χ4v) is 3.67. The van der Waals surface area contributed by atoms with Gasteiger partial charge in [0.05, 0.1) is 13.1 Å². The third-order valence-electron chi connectivity index (χ3n) is 5.16. The molecule has 4 nitrogen and oxygen atoms in total. The Morgan fingerprint density at radius 2 is 1.82 bits per heavy atom. The highest BCUT2D eigenvalue weighted by Crippen LogP contribution is 2.26. The first-order valence-electron chi connectivity index (χ1n) is 12.1. The van der Waals surface area contributed by atoms with Gasteiger partial charge in [-0.3, -0.25) is 4.79 Å². The first-order valence-corrected chi connectivity index (χ1v) is 9.58. The van der Waals surface area contributed by atoms with E-state index in [1.807, 2.05) is 18.2 Å². The van der Waals surface area contributed by atoms with Crippen LogP contribution in [0.1, 0.15) is 35.8 Å². The Balaban J connectivity index is 1.58. The van der Waals surface area contributed by atoms with Gasteiger partial charge in [-0.25, -0.2) is 0 Å². The zero-order valence-electron chi connectivity index (χ0n) is 20.6. The Morgan fingerprint density at radius 3 is 2.50 bits per heavy atom. The predicted molar refractivity (Wildman–Crippen MR) is 112 cm³/mol. The molecule has 1 aliphatic heterocycles. The summed E-state index contributed by atoms with van der Waals surface area (Å²) in [6.45, 7) is 2.40. The predicted octanol–water partition coefficient (Wildman–Crippen LogP) is 4.63. The van der Waals surface area contributed by atoms with E-state index < -0.39 is 24.0 Å². The number of rotatable bonds is 6. The molecule has 2 aromatic carbocycles. The van der Waals surface area contributed by atoms with E-state index in [1.54, 1.807) is 6.07 Å². The molecular weight excluding hydrogens is 348 g/mol. The fraction of sp³-hybridized carbons (Fsp3) is 0.292. The standard InChI is InChI=1S/C24H26N2O2/c27-24(23-12-7-19-28-23)26(21-10-5-2-6-11-21)22-14-17-25(18-15-22)16-13-20-8-3-1-4-9-20/h1-12,19,22H,13-18H2/i2D,5D,6D,10D,11D. The zero-order valence-corrected chi connectivity index (χ0v) is 15.6. The number of anilines is 1. The average molecular weight is 380 g/mol. The maximum Gasteiger partial charge on any atom is 0.294 e. The van der Waals surface area contributed by atoms with Crippen LogP contribution in [0.3, 0.4) is 0 Å². The van der Waals surface area contributed by atoms with Crippen molar-refractivity contribution >= 4 is 11.6 Å². The number of benzene rings is 2. The van der Waals surface area contributed by atoms with Crippen molar-refractivity contribution in [2.75, 3.05) is 24.5 Å². The van der Waals surface area contributed by atoms with Crippen LogP contribution in [0.5, 0.6) is 0 Å². The normalized spacial score (nSPS) is 17.9. The van der Waals surface area contributed by atoms with Crippen molar-refractivity contribution in [3.05, 3.63) is 90.3 Å². The van der Waals surface area contributed by atoms with Crippen molar-refractivity contribution in [1.82, 2.24) is 4.90 Å². The minimum absolute atomic E-state index is 0.0771. The molecule has 0 spiro atoms. The van der Waals surface area contributed by atoms with Crippen LogP contribution in [0.15, 0.2) is 83.4 Å². The Hall–Kier alpha value is -2.85. The number of amides is 1. The molecular formula is C24H26N2O2. The van der Waals surface area contributed by atoms with Crippen LogP contribution in [0, 0.1) is 0 Å². The van der Waals surface area contributed by atoms with Crippen molar-refractivity contribution in [1.29, 1.82) is 0 Å². The molecule has 4 heteroatoms. The van der Waals surface area contributed by atoms with Crippen LogP contribution in [0.2, 0.25) is 0 Å². The molecule has 1 saturated heterocycles. The summed E-state index contributed by atoms with van der Waals surface area (Å²) < 4.78 is 46.1. The van der Waals surface area contributed by atoms with Crippen LogP contribution < -0.4 is 4.90 Å². The number of hydrogen-bond donors (Lipinski definition) is 0. The van der Waals surface area contributed by atoms with Crippen molar-refractivity contribution in [3.63, 3.8) is 0 Å². The maximum atomic E-state index is 13.4. The summed E-state index contributed by atoms with van der Waals surface area (Å²) in [7, 11) is 0. The van der Waals surface area contributed by atoms with E-state index in [-0.39, 0.29) is 29.6 Å². The second-order valence-electron chi connectivity index (χ2n) is 6.93. The van der Waals surface area contributed by atoms with Gasteiger partial charge in [0.2, 0.25) is 0 Å². The Kier molecular flexibility index (Phi) is 4.24. The quantitative estimate of drug-likeness (QED) is 0.626. The van der Waals surface area contributed by atoms with E-state index >= 15 is 0 Å². The second-order valence-corrected chi connectivity index (χ2v) is 6.93. The third-order valence-corrected chi connectivity index (χ3v) is 5.16. The molecule has 144 valence electrons. The topological polar surface area (TPSA) is 36.7 Å². The third kappa shape index (κ3) is 4.34. The van der Waals surface area contributed by atoms with Gasteiger partial charge in [-0.15, -0.1) is 0 Å². The lowest BCUT2D eigenvalue weighted by atomic mass is 10.0. The average Bonchev–Trinajstić information content (AvgIpc) is 3.39. The summed E-state index contributed by atoms with van der Waals surface area (Å²) >= 11 is 0. The second kappa shape index (κ2) is 8.89. The van der Waals surface area contributed by atoms with E-state index in [1.165, 1.54) is 22.8 Å². The lowest BCUT2D eigenvalue weighted by molar-refractivity contribution is 0.0933. The summed E-state index contributed by atoms with van der Waals surface area (Å²) in [5, 5.41) is 0. The number of likely N-dealkylation sites (tertiary alicyclic amines) is 1. The first-order chi connectivity index (χ1) is 15.9. The molecule has 3 aromatic rings. The lowest BCUT2D eigenvalue weighted by Crippen LogP contribution is -2.48. The minimum atomic E-state index is -0.499. The summed E-state index contributed by atoms with van der Waals surface area (Å²) in [6, 6.07) is 10.9. The lowest BCUT2D eigenvalue weighted by Gasteiger charge is -2.38. The molecule has 1 aliphatic rings. The van der Waals surface area contributed by atoms with Crippen LogP contribution in [-0.4, -0.2) is 36.5 Å². The van der Waals surface area contributed by atoms with Crippen molar-refractivity contribution in [3.8, 4) is 0 Å². The molecule has 2 heterocycles. The molecule has 0 saturated carbocycles. The van der Waals surface area contributed by atoms with Gasteiger partial charge >= 0.3 is 0 Å². The van der Waals surface area contributed by atoms with Gasteiger partial charge < -0.3 is 14.2 Å². The summed E-state index contributed by atoms with van der Waals surface area (Å²) in [5.41, 5.74) is 1.18. The maximum absolute atomic E-state index is 13.4. The van der Waals surface area contributed by atoms with Crippen molar-refractivity contribution < 1.29 is 16.1 Å². The Labute approximate surface area is 173 Å². The molecule has 28 heavy (non-hydrogen) atoms. The summed E-state index contributed by atoms with van der Waals surface area (Å²) in [6.07, 6.45) is 3.58. The number of furan rings is 1. The molecule has 0 aliphatic carbocycles. The molecule has 0 N–H and O–H groups in total. The molecule has 1 aromatic heterocycles. The van der Waals surface area contributed by atoms with E-state index in [4.69, 9.17) is 11.3 Å². The zero-order chi connectivity index (χ0) is 23.5. The first kappa shape index (κ1) is 13.3. The van der Waals surface area contributed by atoms with Crippen LogP contribution in [-0.2, 0) is 6.42 Å². The van der Waals surface area contributed by atoms with Crippen LogP contribution >= 0.6 is 0 Å². The minimum Gasteiger partial charge on any atom is -0.459 e. The Bertz CT molecular complexity index is 1080. The molecule has 4 rings (SSSR count). The van der Waals surface area contributed by atoms with Gasteiger partial charge in [-0.2, -0.15) is 0 Å². The molecule has 0 atom stereocenters. The molecule has 0 bridgehead atoms. The molecule has 0 unspecified atom stereocenters. The van der Waals surface area contributed by atoms with Crippen LogP contribution in [0.25, 0.3) is 0 Å². The van der Waals surface area contributed by atoms with Gasteiger partial charge in [0.25, 0.3) is 5.91 Å². The highest BCUT2D eigenvalue weighted by Gasteiger charge is 2.30. The van der Waals surface area contributed by atoms with Crippen molar-refractivity contribution in [2.24, 2.45) is 0 Å². The number of nitrogens with zero attached hydrogens (tertiary/aromatic N) is 2. The van der Waals surface area contributed by atoms with E-state index in [2.05, 4.69) is 17.0 Å². The van der Waals surface area contributed by atoms with Gasteiger partial charge in [-0.05, 0) is 49.0 Å². The highest BCUT2D eigenvalue weighted by molar-refractivity contribution is 6.04. The fourth-order valence-electron chi connectivity index (χ4n) is 3.67. The smallest absolute Gasteiger partial charge is 0.294 e. The highest BCUT2D eigenvalue weighted by atomic mass is 16.3. The molecule has 0 radical (unpaired) electrons. The van der Waals surface area contributed by atoms with Gasteiger partial charge in [-0.1, -0.05) is 48.5 Å². The van der Waals surface area contributed by atoms with Gasteiger partial charge in [0.15, 0.2) is 5.76 Å². The SMILES string of the molecule is [2H]c1c([2H])c([2H])c(N(C(=O)c2ccco2)C2CCN(CCc3ccccc3)CC2)c([2H])c1[2H]. The van der Waals surface area contributed by atoms with E-state index in [0.29, 0.717) is 12.8 Å². The van der Waals surface area contributed by atoms with E-state index in [0.717, 1.165) is 26.1 Å². The van der Waals surface area contributed by atoms with E-state index in [9.17, 15) is 4.79 Å². The molecule has 1 amide bonds.